The number of carboxylic acid groups (broad SMARTS) is 1. The van der Waals surface area contributed by atoms with Gasteiger partial charge >= 0.3 is 12.2 Å². The van der Waals surface area contributed by atoms with Gasteiger partial charge in [0.2, 0.25) is 5.88 Å². The van der Waals surface area contributed by atoms with Gasteiger partial charge in [0.1, 0.15) is 5.75 Å². The molecule has 1 saturated heterocycles. The summed E-state index contributed by atoms with van der Waals surface area (Å²) in [5.41, 5.74) is 4.61. The first-order valence-corrected chi connectivity index (χ1v) is 14.9. The zero-order valence-electron chi connectivity index (χ0n) is 24.6. The molecule has 0 spiro atoms. The van der Waals surface area contributed by atoms with E-state index in [1.807, 2.05) is 67.6 Å². The Labute approximate surface area is 255 Å². The smallest absolute Gasteiger partial charge is 0.493 e. The lowest BCUT2D eigenvalue weighted by Crippen LogP contribution is -2.49. The minimum atomic E-state index is -1.37. The number of benzene rings is 4. The van der Waals surface area contributed by atoms with Crippen molar-refractivity contribution in [2.24, 2.45) is 0 Å². The van der Waals surface area contributed by atoms with Gasteiger partial charge in [0, 0.05) is 59.3 Å². The Bertz CT molecular complexity index is 1790. The average Bonchev–Trinajstić information content (AvgIpc) is 3.39. The van der Waals surface area contributed by atoms with Crippen molar-refractivity contribution in [3.63, 3.8) is 0 Å². The molecule has 44 heavy (non-hydrogen) atoms. The van der Waals surface area contributed by atoms with Gasteiger partial charge in [-0.3, -0.25) is 0 Å². The molecule has 0 atom stereocenters. The summed E-state index contributed by atoms with van der Waals surface area (Å²) in [4.78, 5) is 31.2. The van der Waals surface area contributed by atoms with Crippen molar-refractivity contribution in [2.75, 3.05) is 44.3 Å². The van der Waals surface area contributed by atoms with E-state index in [2.05, 4.69) is 34.1 Å². The summed E-state index contributed by atoms with van der Waals surface area (Å²) in [5.74, 6) is 1.05. The zero-order valence-corrected chi connectivity index (χ0v) is 24.6. The number of nitrogens with zero attached hydrogens (tertiary/aromatic N) is 2. The number of nitrogens with one attached hydrogen (secondary N) is 1. The Balaban J connectivity index is 1.25. The highest BCUT2D eigenvalue weighted by atomic mass is 16.7. The summed E-state index contributed by atoms with van der Waals surface area (Å²) >= 11 is 0. The molecule has 1 amide bonds. The molecule has 1 aliphatic heterocycles. The number of para-hydroxylation sites is 2. The molecule has 1 aliphatic rings. The average molecular weight is 594 g/mol. The fourth-order valence-electron chi connectivity index (χ4n) is 5.97. The van der Waals surface area contributed by atoms with Crippen LogP contribution in [0.1, 0.15) is 18.9 Å². The number of aromatic nitrogens is 1. The van der Waals surface area contributed by atoms with Gasteiger partial charge in [-0.25, -0.2) is 9.59 Å². The first-order valence-electron chi connectivity index (χ1n) is 14.9. The van der Waals surface area contributed by atoms with Gasteiger partial charge in [0.25, 0.3) is 0 Å². The molecular formula is C35H35N3O6. The van der Waals surface area contributed by atoms with Gasteiger partial charge in [-0.05, 0) is 37.3 Å². The minimum absolute atomic E-state index is 0.227. The molecule has 2 N–H and O–H groups in total. The fraction of sp³-hybridized carbons (Fsp3) is 0.257. The summed E-state index contributed by atoms with van der Waals surface area (Å²) in [6.45, 7) is 5.12. The summed E-state index contributed by atoms with van der Waals surface area (Å²) < 4.78 is 16.6. The molecule has 1 fully saturated rings. The van der Waals surface area contributed by atoms with Gasteiger partial charge in [-0.2, -0.15) is 0 Å². The van der Waals surface area contributed by atoms with Crippen LogP contribution in [-0.4, -0.2) is 66.6 Å². The van der Waals surface area contributed by atoms with Crippen LogP contribution in [0.5, 0.6) is 11.6 Å². The maximum absolute atomic E-state index is 12.2. The predicted octanol–water partition coefficient (Wildman–Crippen LogP) is 7.34. The van der Waals surface area contributed by atoms with E-state index in [1.165, 1.54) is 0 Å². The number of hydrogen-bond donors (Lipinski definition) is 2. The number of H-pyrrole nitrogens is 1. The number of hydrogen-bond acceptors (Lipinski definition) is 6. The van der Waals surface area contributed by atoms with Gasteiger partial charge in [0.05, 0.1) is 18.7 Å². The number of anilines is 1. The predicted molar refractivity (Wildman–Crippen MR) is 171 cm³/mol. The molecule has 0 bridgehead atoms. The molecule has 2 heterocycles. The van der Waals surface area contributed by atoms with Gasteiger partial charge in [-0.15, -0.1) is 0 Å². The molecule has 0 aliphatic carbocycles. The number of ether oxygens (including phenoxy) is 3. The lowest BCUT2D eigenvalue weighted by atomic mass is 9.98. The summed E-state index contributed by atoms with van der Waals surface area (Å²) in [7, 11) is 0. The molecule has 0 radical (unpaired) electrons. The lowest BCUT2D eigenvalue weighted by molar-refractivity contribution is 0.105. The largest absolute Gasteiger partial charge is 0.512 e. The Morgan fingerprint density at radius 1 is 0.841 bits per heavy atom. The number of carbonyl (C=O) groups excluding carboxylic acids is 1. The standard InChI is InChI=1S/C35H35N3O6/c1-2-42-34(39)38-21-19-37(20-22-38)30-17-6-5-13-26(30)27-14-8-15-28-29(33(36-32(27)28)44-35(40)41)16-9-23-43-31-18-7-11-24-10-3-4-12-25(24)31/h3-8,10-15,17-18,36H,2,9,16,19-23H2,1H3,(H,40,41). The molecule has 0 unspecified atom stereocenters. The molecule has 4 aromatic carbocycles. The summed E-state index contributed by atoms with van der Waals surface area (Å²) in [6, 6.07) is 28.3. The normalized spacial score (nSPS) is 13.3. The van der Waals surface area contributed by atoms with Crippen molar-refractivity contribution in [3.05, 3.63) is 90.5 Å². The van der Waals surface area contributed by atoms with Crippen LogP contribution in [0.4, 0.5) is 15.3 Å². The van der Waals surface area contributed by atoms with Gasteiger partial charge < -0.3 is 34.1 Å². The maximum atomic E-state index is 12.2. The van der Waals surface area contributed by atoms with Gasteiger partial charge in [-0.1, -0.05) is 72.8 Å². The van der Waals surface area contributed by atoms with E-state index in [0.29, 0.717) is 52.2 Å². The quantitative estimate of drug-likeness (QED) is 0.136. The highest BCUT2D eigenvalue weighted by Crippen LogP contribution is 2.39. The summed E-state index contributed by atoms with van der Waals surface area (Å²) in [6.07, 6.45) is -0.421. The first-order chi connectivity index (χ1) is 21.5. The molecule has 6 rings (SSSR count). The third kappa shape index (κ3) is 5.99. The van der Waals surface area contributed by atoms with E-state index < -0.39 is 6.16 Å². The topological polar surface area (TPSA) is 104 Å². The van der Waals surface area contributed by atoms with E-state index in [-0.39, 0.29) is 12.0 Å². The van der Waals surface area contributed by atoms with E-state index in [9.17, 15) is 14.7 Å². The third-order valence-electron chi connectivity index (χ3n) is 8.01. The van der Waals surface area contributed by atoms with Crippen LogP contribution >= 0.6 is 0 Å². The fourth-order valence-corrected chi connectivity index (χ4v) is 5.97. The van der Waals surface area contributed by atoms with Crippen molar-refractivity contribution >= 4 is 39.6 Å². The lowest BCUT2D eigenvalue weighted by Gasteiger charge is -2.36. The van der Waals surface area contributed by atoms with Crippen LogP contribution in [0, 0.1) is 0 Å². The number of aromatic amines is 1. The number of fused-ring (bicyclic) bond motifs is 2. The van der Waals surface area contributed by atoms with Crippen LogP contribution in [-0.2, 0) is 11.2 Å². The van der Waals surface area contributed by atoms with Crippen molar-refractivity contribution in [1.82, 2.24) is 9.88 Å². The SMILES string of the molecule is CCOC(=O)N1CCN(c2ccccc2-c2cccc3c(CCCOc4cccc5ccccc45)c(OC(=O)O)[nH]c23)CC1. The number of amides is 1. The Hall–Kier alpha value is -5.18. The zero-order chi connectivity index (χ0) is 30.5. The summed E-state index contributed by atoms with van der Waals surface area (Å²) in [5, 5.41) is 12.6. The number of aryl methyl sites for hydroxylation is 1. The van der Waals surface area contributed by atoms with Crippen molar-refractivity contribution < 1.29 is 28.9 Å². The second-order valence-electron chi connectivity index (χ2n) is 10.6. The monoisotopic (exact) mass is 593 g/mol. The molecule has 9 heteroatoms. The Morgan fingerprint density at radius 3 is 2.36 bits per heavy atom. The molecule has 1 aromatic heterocycles. The van der Waals surface area contributed by atoms with Crippen LogP contribution in [0.2, 0.25) is 0 Å². The Morgan fingerprint density at radius 2 is 1.55 bits per heavy atom. The van der Waals surface area contributed by atoms with Crippen molar-refractivity contribution in [2.45, 2.75) is 19.8 Å². The Kier molecular flexibility index (Phi) is 8.54. The number of carbonyl (C=O) groups is 2. The van der Waals surface area contributed by atoms with Crippen LogP contribution in [0.3, 0.4) is 0 Å². The first kappa shape index (κ1) is 28.9. The second-order valence-corrected chi connectivity index (χ2v) is 10.6. The second kappa shape index (κ2) is 13.0. The number of rotatable bonds is 9. The van der Waals surface area contributed by atoms with Crippen LogP contribution < -0.4 is 14.4 Å². The maximum Gasteiger partial charge on any atom is 0.512 e. The van der Waals surface area contributed by atoms with Crippen molar-refractivity contribution in [3.8, 4) is 22.8 Å². The highest BCUT2D eigenvalue weighted by Gasteiger charge is 2.25. The number of piperazine rings is 1. The van der Waals surface area contributed by atoms with Crippen LogP contribution in [0.25, 0.3) is 32.8 Å². The minimum Gasteiger partial charge on any atom is -0.493 e. The van der Waals surface area contributed by atoms with E-state index >= 15 is 0 Å². The van der Waals surface area contributed by atoms with E-state index in [1.54, 1.807) is 4.90 Å². The molecule has 226 valence electrons. The third-order valence-corrected chi connectivity index (χ3v) is 8.01. The van der Waals surface area contributed by atoms with E-state index in [4.69, 9.17) is 14.2 Å². The van der Waals surface area contributed by atoms with Crippen molar-refractivity contribution in [1.29, 1.82) is 0 Å². The molecule has 5 aromatic rings. The van der Waals surface area contributed by atoms with Gasteiger partial charge in [0.15, 0.2) is 0 Å². The van der Waals surface area contributed by atoms with E-state index in [0.717, 1.165) is 49.8 Å². The highest BCUT2D eigenvalue weighted by molar-refractivity contribution is 6.00. The molecule has 9 nitrogen and oxygen atoms in total. The van der Waals surface area contributed by atoms with Crippen LogP contribution in [0.15, 0.2) is 84.9 Å². The molecular weight excluding hydrogens is 558 g/mol. The molecule has 0 saturated carbocycles.